The Kier molecular flexibility index (Phi) is 4.75. The first-order valence-electron chi connectivity index (χ1n) is 8.68. The molecular weight excluding hydrogens is 384 g/mol. The van der Waals surface area contributed by atoms with Crippen LogP contribution in [0.4, 0.5) is 5.82 Å². The second-order valence-electron chi connectivity index (χ2n) is 6.49. The monoisotopic (exact) mass is 402 g/mol. The molecule has 0 unspecified atom stereocenters. The zero-order valence-corrected chi connectivity index (χ0v) is 16.4. The smallest absolute Gasteiger partial charge is 0.244 e. The molecule has 0 radical (unpaired) electrons. The predicted octanol–water partition coefficient (Wildman–Crippen LogP) is 3.10. The highest BCUT2D eigenvalue weighted by Crippen LogP contribution is 2.29. The third-order valence-electron chi connectivity index (χ3n) is 4.84. The van der Waals surface area contributed by atoms with Gasteiger partial charge in [-0.25, -0.2) is 18.4 Å². The maximum atomic E-state index is 12.9. The lowest BCUT2D eigenvalue weighted by molar-refractivity contribution is 0.384. The molecule has 0 amide bonds. The zero-order valence-electron chi connectivity index (χ0n) is 14.8. The van der Waals surface area contributed by atoms with E-state index in [1.165, 1.54) is 4.31 Å². The number of aryl methyl sites for hydroxylation is 1. The number of piperazine rings is 1. The number of sulfonamides is 1. The third kappa shape index (κ3) is 3.26. The van der Waals surface area contributed by atoms with Gasteiger partial charge in [-0.1, -0.05) is 35.9 Å². The third-order valence-corrected chi connectivity index (χ3v) is 7.24. The lowest BCUT2D eigenvalue weighted by atomic mass is 10.1. The van der Waals surface area contributed by atoms with Gasteiger partial charge < -0.3 is 4.90 Å². The predicted molar refractivity (Wildman–Crippen MR) is 107 cm³/mol. The van der Waals surface area contributed by atoms with Crippen LogP contribution in [0.5, 0.6) is 0 Å². The van der Waals surface area contributed by atoms with Gasteiger partial charge in [-0.2, -0.15) is 4.31 Å². The summed E-state index contributed by atoms with van der Waals surface area (Å²) in [6.45, 7) is 3.91. The Hall–Kier alpha value is -2.22. The van der Waals surface area contributed by atoms with E-state index in [1.807, 2.05) is 25.1 Å². The van der Waals surface area contributed by atoms with Gasteiger partial charge in [-0.05, 0) is 30.7 Å². The summed E-state index contributed by atoms with van der Waals surface area (Å²) in [6.07, 6.45) is 1.56. The number of hydrogen-bond donors (Lipinski definition) is 0. The molecule has 0 N–H and O–H groups in total. The van der Waals surface area contributed by atoms with Crippen LogP contribution in [0.3, 0.4) is 0 Å². The van der Waals surface area contributed by atoms with Crippen LogP contribution in [0.25, 0.3) is 10.9 Å². The second kappa shape index (κ2) is 7.07. The molecule has 0 atom stereocenters. The van der Waals surface area contributed by atoms with Crippen molar-refractivity contribution in [3.8, 4) is 0 Å². The molecule has 27 heavy (non-hydrogen) atoms. The van der Waals surface area contributed by atoms with Gasteiger partial charge in [0.25, 0.3) is 0 Å². The average Bonchev–Trinajstić information content (AvgIpc) is 2.68. The molecule has 0 spiro atoms. The summed E-state index contributed by atoms with van der Waals surface area (Å²) < 4.78 is 27.3. The summed E-state index contributed by atoms with van der Waals surface area (Å²) in [5.74, 6) is 0.855. The number of hydrogen-bond acceptors (Lipinski definition) is 5. The second-order valence-corrected chi connectivity index (χ2v) is 8.80. The quantitative estimate of drug-likeness (QED) is 0.673. The van der Waals surface area contributed by atoms with Crippen molar-refractivity contribution < 1.29 is 8.42 Å². The molecule has 0 saturated carbocycles. The molecule has 140 valence electrons. The number of nitrogens with zero attached hydrogens (tertiary/aromatic N) is 4. The summed E-state index contributed by atoms with van der Waals surface area (Å²) in [5, 5.41) is 1.26. The maximum Gasteiger partial charge on any atom is 0.244 e. The number of halogens is 1. The number of benzene rings is 2. The first-order chi connectivity index (χ1) is 13.0. The van der Waals surface area contributed by atoms with Crippen LogP contribution in [0.1, 0.15) is 5.56 Å². The summed E-state index contributed by atoms with van der Waals surface area (Å²) in [6, 6.07) is 12.5. The van der Waals surface area contributed by atoms with Gasteiger partial charge in [0.05, 0.1) is 10.5 Å². The van der Waals surface area contributed by atoms with Crippen molar-refractivity contribution in [3.05, 3.63) is 59.4 Å². The Morgan fingerprint density at radius 2 is 1.70 bits per heavy atom. The van der Waals surface area contributed by atoms with Gasteiger partial charge in [0.15, 0.2) is 0 Å². The standard InChI is InChI=1S/C19H19ClN4O2S/c1-14-5-4-7-16-18(14)19(22-13-21-16)23-9-11-24(12-10-23)27(25,26)17-8-3-2-6-15(17)20/h2-8,13H,9-12H2,1H3. The lowest BCUT2D eigenvalue weighted by Crippen LogP contribution is -2.49. The van der Waals surface area contributed by atoms with Crippen molar-refractivity contribution in [1.82, 2.24) is 14.3 Å². The van der Waals surface area contributed by atoms with E-state index < -0.39 is 10.0 Å². The largest absolute Gasteiger partial charge is 0.353 e. The molecule has 8 heteroatoms. The minimum atomic E-state index is -3.61. The fourth-order valence-electron chi connectivity index (χ4n) is 3.43. The molecule has 0 bridgehead atoms. The fourth-order valence-corrected chi connectivity index (χ4v) is 5.35. The van der Waals surface area contributed by atoms with Crippen molar-refractivity contribution in [3.63, 3.8) is 0 Å². The highest BCUT2D eigenvalue weighted by atomic mass is 35.5. The molecule has 1 aromatic heterocycles. The van der Waals surface area contributed by atoms with Crippen LogP contribution in [-0.4, -0.2) is 48.9 Å². The summed E-state index contributed by atoms with van der Waals surface area (Å²) in [7, 11) is -3.61. The van der Waals surface area contributed by atoms with Crippen molar-refractivity contribution in [2.24, 2.45) is 0 Å². The minimum Gasteiger partial charge on any atom is -0.353 e. The van der Waals surface area contributed by atoms with Crippen LogP contribution < -0.4 is 4.90 Å². The molecule has 1 fully saturated rings. The van der Waals surface area contributed by atoms with E-state index in [1.54, 1.807) is 30.6 Å². The molecule has 0 aliphatic carbocycles. The number of fused-ring (bicyclic) bond motifs is 1. The van der Waals surface area contributed by atoms with Crippen molar-refractivity contribution in [1.29, 1.82) is 0 Å². The van der Waals surface area contributed by atoms with Gasteiger partial charge in [0, 0.05) is 31.6 Å². The van der Waals surface area contributed by atoms with Crippen molar-refractivity contribution in [2.75, 3.05) is 31.1 Å². The number of rotatable bonds is 3. The Balaban J connectivity index is 1.59. The van der Waals surface area contributed by atoms with Gasteiger partial charge in [-0.3, -0.25) is 0 Å². The lowest BCUT2D eigenvalue weighted by Gasteiger charge is -2.35. The Morgan fingerprint density at radius 3 is 2.44 bits per heavy atom. The SMILES string of the molecule is Cc1cccc2ncnc(N3CCN(S(=O)(=O)c4ccccc4Cl)CC3)c12. The molecule has 1 aliphatic heterocycles. The zero-order chi connectivity index (χ0) is 19.0. The highest BCUT2D eigenvalue weighted by Gasteiger charge is 2.30. The highest BCUT2D eigenvalue weighted by molar-refractivity contribution is 7.89. The fraction of sp³-hybridized carbons (Fsp3) is 0.263. The summed E-state index contributed by atoms with van der Waals surface area (Å²) in [5.41, 5.74) is 2.00. The van der Waals surface area contributed by atoms with E-state index in [2.05, 4.69) is 14.9 Å². The molecule has 1 saturated heterocycles. The molecule has 1 aliphatic rings. The molecule has 2 heterocycles. The first-order valence-corrected chi connectivity index (χ1v) is 10.5. The normalized spacial score (nSPS) is 16.0. The topological polar surface area (TPSA) is 66.4 Å². The van der Waals surface area contributed by atoms with E-state index >= 15 is 0 Å². The molecule has 3 aromatic rings. The van der Waals surface area contributed by atoms with Crippen LogP contribution in [0.2, 0.25) is 5.02 Å². The van der Waals surface area contributed by atoms with E-state index in [0.717, 1.165) is 22.3 Å². The number of anilines is 1. The van der Waals surface area contributed by atoms with Gasteiger partial charge in [-0.15, -0.1) is 0 Å². The Bertz CT molecular complexity index is 1090. The molecule has 2 aromatic carbocycles. The van der Waals surface area contributed by atoms with E-state index in [4.69, 9.17) is 11.6 Å². The van der Waals surface area contributed by atoms with Gasteiger partial charge in [0.1, 0.15) is 17.0 Å². The molecule has 4 rings (SSSR count). The van der Waals surface area contributed by atoms with Gasteiger partial charge >= 0.3 is 0 Å². The average molecular weight is 403 g/mol. The Labute approximate surface area is 163 Å². The van der Waals surface area contributed by atoms with E-state index in [9.17, 15) is 8.42 Å². The van der Waals surface area contributed by atoms with E-state index in [-0.39, 0.29) is 9.92 Å². The van der Waals surface area contributed by atoms with Gasteiger partial charge in [0.2, 0.25) is 10.0 Å². The Morgan fingerprint density at radius 1 is 0.963 bits per heavy atom. The van der Waals surface area contributed by atoms with Crippen LogP contribution in [-0.2, 0) is 10.0 Å². The van der Waals surface area contributed by atoms with Crippen molar-refractivity contribution in [2.45, 2.75) is 11.8 Å². The van der Waals surface area contributed by atoms with Crippen LogP contribution in [0.15, 0.2) is 53.7 Å². The molecular formula is C19H19ClN4O2S. The summed E-state index contributed by atoms with van der Waals surface area (Å²) >= 11 is 6.10. The maximum absolute atomic E-state index is 12.9. The van der Waals surface area contributed by atoms with E-state index in [0.29, 0.717) is 26.2 Å². The van der Waals surface area contributed by atoms with Crippen LogP contribution in [0, 0.1) is 6.92 Å². The van der Waals surface area contributed by atoms with Crippen molar-refractivity contribution >= 4 is 38.3 Å². The number of aromatic nitrogens is 2. The first kappa shape index (κ1) is 18.2. The van der Waals surface area contributed by atoms with Crippen LogP contribution >= 0.6 is 11.6 Å². The minimum absolute atomic E-state index is 0.156. The summed E-state index contributed by atoms with van der Waals surface area (Å²) in [4.78, 5) is 11.1. The molecule has 6 nitrogen and oxygen atoms in total.